The quantitative estimate of drug-likeness (QED) is 0.351. The molecule has 8 heteroatoms. The number of amides is 2. The highest BCUT2D eigenvalue weighted by Crippen LogP contribution is 2.33. The molecule has 1 aromatic rings. The molecule has 0 bridgehead atoms. The lowest BCUT2D eigenvalue weighted by atomic mass is 9.98. The van der Waals surface area contributed by atoms with Gasteiger partial charge in [0.05, 0.1) is 31.0 Å². The molecule has 0 spiro atoms. The fourth-order valence-electron chi connectivity index (χ4n) is 4.50. The number of fused-ring (bicyclic) bond motifs is 1. The van der Waals surface area contributed by atoms with Gasteiger partial charge in [-0.05, 0) is 65.2 Å². The summed E-state index contributed by atoms with van der Waals surface area (Å²) >= 11 is 0. The lowest BCUT2D eigenvalue weighted by Gasteiger charge is -2.45. The molecule has 1 N–H and O–H groups in total. The number of ketones is 1. The summed E-state index contributed by atoms with van der Waals surface area (Å²) in [6.07, 6.45) is 7.42. The van der Waals surface area contributed by atoms with Crippen LogP contribution in [0.1, 0.15) is 96.0 Å². The Morgan fingerprint density at radius 1 is 1.06 bits per heavy atom. The van der Waals surface area contributed by atoms with Crippen LogP contribution < -0.4 is 10.2 Å². The Labute approximate surface area is 215 Å². The van der Waals surface area contributed by atoms with E-state index < -0.39 is 34.7 Å². The second-order valence-electron chi connectivity index (χ2n) is 11.5. The van der Waals surface area contributed by atoms with Crippen LogP contribution in [0.2, 0.25) is 0 Å². The van der Waals surface area contributed by atoms with Gasteiger partial charge < -0.3 is 24.4 Å². The molecule has 200 valence electrons. The van der Waals surface area contributed by atoms with Crippen molar-refractivity contribution in [3.05, 3.63) is 29.3 Å². The van der Waals surface area contributed by atoms with E-state index in [0.717, 1.165) is 24.8 Å². The molecule has 2 heterocycles. The number of alkyl carbamates (subject to hydrolysis) is 1. The van der Waals surface area contributed by atoms with E-state index >= 15 is 0 Å². The number of ether oxygens (including phenoxy) is 3. The normalized spacial score (nSPS) is 18.8. The number of aryl methyl sites for hydroxylation is 1. The first kappa shape index (κ1) is 28.1. The monoisotopic (exact) mass is 502 g/mol. The van der Waals surface area contributed by atoms with E-state index in [1.807, 2.05) is 18.2 Å². The molecule has 1 aromatic carbocycles. The number of Topliss-reactive ketones (excluding diaryl/α,β-unsaturated/α-hetero) is 1. The van der Waals surface area contributed by atoms with Crippen LogP contribution >= 0.6 is 0 Å². The SMILES string of the molecule is CCCCCCCCc1ccc2c(c1)C(=O)C(=O)N2CC1(NC(=O)OC(C)(C)C)COC(C)(C)OC1. The highest BCUT2D eigenvalue weighted by Gasteiger charge is 2.47. The van der Waals surface area contributed by atoms with Gasteiger partial charge in [0.2, 0.25) is 0 Å². The van der Waals surface area contributed by atoms with Crippen LogP contribution in [0.25, 0.3) is 0 Å². The zero-order valence-electron chi connectivity index (χ0n) is 22.7. The molecule has 0 saturated carbocycles. The fourth-order valence-corrected chi connectivity index (χ4v) is 4.50. The zero-order chi connectivity index (χ0) is 26.6. The third-order valence-electron chi connectivity index (χ3n) is 6.47. The second-order valence-corrected chi connectivity index (χ2v) is 11.5. The lowest BCUT2D eigenvalue weighted by molar-refractivity contribution is -0.269. The van der Waals surface area contributed by atoms with Gasteiger partial charge in [-0.1, -0.05) is 45.1 Å². The molecule has 3 rings (SSSR count). The van der Waals surface area contributed by atoms with Gasteiger partial charge in [0.25, 0.3) is 11.7 Å². The maximum absolute atomic E-state index is 13.0. The fraction of sp³-hybridized carbons (Fsp3) is 0.679. The Hall–Kier alpha value is -2.45. The molecule has 1 fully saturated rings. The second kappa shape index (κ2) is 11.3. The molecule has 0 atom stereocenters. The standard InChI is InChI=1S/C28H42N2O6/c1-7-8-9-10-11-12-13-20-14-15-22-21(16-20)23(31)24(32)30(22)17-28(18-34-27(5,6)35-19-28)29-25(33)36-26(2,3)4/h14-16H,7-13,17-19H2,1-6H3,(H,29,33). The van der Waals surface area contributed by atoms with Crippen molar-refractivity contribution < 1.29 is 28.6 Å². The Morgan fingerprint density at radius 2 is 1.69 bits per heavy atom. The first-order valence-corrected chi connectivity index (χ1v) is 13.1. The summed E-state index contributed by atoms with van der Waals surface area (Å²) in [4.78, 5) is 40.0. The highest BCUT2D eigenvalue weighted by atomic mass is 16.7. The average molecular weight is 503 g/mol. The number of nitrogens with one attached hydrogen (secondary N) is 1. The predicted octanol–water partition coefficient (Wildman–Crippen LogP) is 5.17. The molecule has 8 nitrogen and oxygen atoms in total. The van der Waals surface area contributed by atoms with Crippen molar-refractivity contribution in [3.63, 3.8) is 0 Å². The van der Waals surface area contributed by atoms with E-state index in [0.29, 0.717) is 11.3 Å². The van der Waals surface area contributed by atoms with E-state index in [9.17, 15) is 14.4 Å². The van der Waals surface area contributed by atoms with Crippen molar-refractivity contribution in [1.82, 2.24) is 5.32 Å². The lowest BCUT2D eigenvalue weighted by Crippen LogP contribution is -2.66. The first-order valence-electron chi connectivity index (χ1n) is 13.1. The summed E-state index contributed by atoms with van der Waals surface area (Å²) in [6.45, 7) is 11.3. The van der Waals surface area contributed by atoms with E-state index in [4.69, 9.17) is 14.2 Å². The highest BCUT2D eigenvalue weighted by molar-refractivity contribution is 6.52. The van der Waals surface area contributed by atoms with Crippen molar-refractivity contribution in [1.29, 1.82) is 0 Å². The van der Waals surface area contributed by atoms with Crippen LogP contribution in [-0.2, 0) is 25.4 Å². The number of hydrogen-bond donors (Lipinski definition) is 1. The van der Waals surface area contributed by atoms with Gasteiger partial charge in [0.1, 0.15) is 11.1 Å². The molecule has 36 heavy (non-hydrogen) atoms. The Bertz CT molecular complexity index is 955. The van der Waals surface area contributed by atoms with E-state index in [2.05, 4.69) is 12.2 Å². The number of unbranched alkanes of at least 4 members (excludes halogenated alkanes) is 5. The van der Waals surface area contributed by atoms with Gasteiger partial charge in [-0.15, -0.1) is 0 Å². The summed E-state index contributed by atoms with van der Waals surface area (Å²) in [6, 6.07) is 5.65. The van der Waals surface area contributed by atoms with Crippen molar-refractivity contribution in [2.75, 3.05) is 24.7 Å². The number of carbonyl (C=O) groups excluding carboxylic acids is 3. The Balaban J connectivity index is 1.75. The van der Waals surface area contributed by atoms with Crippen molar-refractivity contribution in [3.8, 4) is 0 Å². The molecular formula is C28H42N2O6. The Morgan fingerprint density at radius 3 is 2.33 bits per heavy atom. The van der Waals surface area contributed by atoms with E-state index in [-0.39, 0.29) is 19.8 Å². The maximum Gasteiger partial charge on any atom is 0.408 e. The van der Waals surface area contributed by atoms with Crippen molar-refractivity contribution in [2.24, 2.45) is 0 Å². The van der Waals surface area contributed by atoms with Gasteiger partial charge in [0.15, 0.2) is 5.79 Å². The summed E-state index contributed by atoms with van der Waals surface area (Å²) in [5.74, 6) is -1.97. The average Bonchev–Trinajstić information content (AvgIpc) is 3.01. The van der Waals surface area contributed by atoms with Crippen LogP contribution in [0.3, 0.4) is 0 Å². The minimum absolute atomic E-state index is 0.0245. The molecule has 2 amide bonds. The van der Waals surface area contributed by atoms with Gasteiger partial charge in [-0.2, -0.15) is 0 Å². The van der Waals surface area contributed by atoms with Crippen LogP contribution in [0.4, 0.5) is 10.5 Å². The number of carbonyl (C=O) groups is 3. The van der Waals surface area contributed by atoms with Crippen LogP contribution in [0.5, 0.6) is 0 Å². The van der Waals surface area contributed by atoms with Crippen molar-refractivity contribution in [2.45, 2.75) is 103 Å². The maximum atomic E-state index is 13.0. The minimum Gasteiger partial charge on any atom is -0.444 e. The Kier molecular flexibility index (Phi) is 8.83. The summed E-state index contributed by atoms with van der Waals surface area (Å²) in [5.41, 5.74) is 0.243. The molecule has 1 saturated heterocycles. The molecule has 0 unspecified atom stereocenters. The number of benzene rings is 1. The molecule has 2 aliphatic heterocycles. The van der Waals surface area contributed by atoms with Crippen LogP contribution in [0, 0.1) is 0 Å². The summed E-state index contributed by atoms with van der Waals surface area (Å²) in [7, 11) is 0. The summed E-state index contributed by atoms with van der Waals surface area (Å²) in [5, 5.41) is 2.86. The number of rotatable bonds is 10. The van der Waals surface area contributed by atoms with Gasteiger partial charge >= 0.3 is 6.09 Å². The first-order chi connectivity index (χ1) is 16.8. The third kappa shape index (κ3) is 7.29. The largest absolute Gasteiger partial charge is 0.444 e. The van der Waals surface area contributed by atoms with E-state index in [1.165, 1.54) is 30.6 Å². The predicted molar refractivity (Wildman–Crippen MR) is 138 cm³/mol. The minimum atomic E-state index is -1.08. The van der Waals surface area contributed by atoms with Crippen LogP contribution in [-0.4, -0.2) is 54.5 Å². The molecule has 0 aliphatic carbocycles. The molecular weight excluding hydrogens is 460 g/mol. The van der Waals surface area contributed by atoms with Gasteiger partial charge in [-0.25, -0.2) is 4.79 Å². The number of hydrogen-bond acceptors (Lipinski definition) is 6. The smallest absolute Gasteiger partial charge is 0.408 e. The third-order valence-corrected chi connectivity index (χ3v) is 6.47. The number of nitrogens with zero attached hydrogens (tertiary/aromatic N) is 1. The van der Waals surface area contributed by atoms with Gasteiger partial charge in [0, 0.05) is 0 Å². The zero-order valence-corrected chi connectivity index (χ0v) is 22.7. The van der Waals surface area contributed by atoms with Crippen molar-refractivity contribution >= 4 is 23.5 Å². The molecule has 2 aliphatic rings. The number of anilines is 1. The van der Waals surface area contributed by atoms with E-state index in [1.54, 1.807) is 34.6 Å². The summed E-state index contributed by atoms with van der Waals surface area (Å²) < 4.78 is 17.2. The topological polar surface area (TPSA) is 94.2 Å². The van der Waals surface area contributed by atoms with Crippen LogP contribution in [0.15, 0.2) is 18.2 Å². The molecule has 0 radical (unpaired) electrons. The molecule has 0 aromatic heterocycles. The van der Waals surface area contributed by atoms with Gasteiger partial charge in [-0.3, -0.25) is 9.59 Å².